The second kappa shape index (κ2) is 4.33. The molecule has 0 fully saturated rings. The van der Waals surface area contributed by atoms with Gasteiger partial charge in [-0.1, -0.05) is 0 Å². The first-order valence-corrected chi connectivity index (χ1v) is 4.44. The number of hydrogen-bond donors (Lipinski definition) is 1. The number of aromatic nitrogens is 1. The monoisotopic (exact) mass is 214 g/mol. The molecule has 0 spiro atoms. The van der Waals surface area contributed by atoms with Crippen molar-refractivity contribution in [3.8, 4) is 0 Å². The molecule has 0 aromatic carbocycles. The molecule has 0 aliphatic carbocycles. The van der Waals surface area contributed by atoms with Crippen LogP contribution in [0.25, 0.3) is 0 Å². The van der Waals surface area contributed by atoms with Crippen molar-refractivity contribution in [1.29, 1.82) is 0 Å². The summed E-state index contributed by atoms with van der Waals surface area (Å²) in [6.07, 6.45) is 0.259. The first kappa shape index (κ1) is 11.6. The number of halogens is 2. The van der Waals surface area contributed by atoms with Gasteiger partial charge < -0.3 is 5.32 Å². The Kier molecular flexibility index (Phi) is 3.34. The van der Waals surface area contributed by atoms with E-state index in [1.165, 1.54) is 26.2 Å². The van der Waals surface area contributed by atoms with Crippen LogP contribution in [0.2, 0.25) is 0 Å². The van der Waals surface area contributed by atoms with Gasteiger partial charge in [-0.05, 0) is 26.0 Å². The van der Waals surface area contributed by atoms with Crippen molar-refractivity contribution >= 4 is 11.6 Å². The van der Waals surface area contributed by atoms with Gasteiger partial charge >= 0.3 is 0 Å². The van der Waals surface area contributed by atoms with Crippen LogP contribution in [0.5, 0.6) is 0 Å². The average molecular weight is 214 g/mol. The maximum atomic E-state index is 12.5. The lowest BCUT2D eigenvalue weighted by molar-refractivity contribution is -0.131. The van der Waals surface area contributed by atoms with Crippen LogP contribution in [0.15, 0.2) is 24.5 Å². The average Bonchev–Trinajstić information content (AvgIpc) is 2.18. The van der Waals surface area contributed by atoms with E-state index in [0.29, 0.717) is 5.69 Å². The van der Waals surface area contributed by atoms with Crippen LogP contribution in [-0.2, 0) is 4.79 Å². The van der Waals surface area contributed by atoms with Crippen molar-refractivity contribution in [2.24, 2.45) is 5.41 Å². The third-order valence-electron chi connectivity index (χ3n) is 2.07. The third-order valence-corrected chi connectivity index (χ3v) is 2.07. The molecule has 0 aliphatic heterocycles. The van der Waals surface area contributed by atoms with Gasteiger partial charge in [0.05, 0.1) is 0 Å². The topological polar surface area (TPSA) is 42.0 Å². The molecule has 15 heavy (non-hydrogen) atoms. The van der Waals surface area contributed by atoms with Gasteiger partial charge in [-0.25, -0.2) is 8.78 Å². The lowest BCUT2D eigenvalue weighted by Crippen LogP contribution is -2.36. The molecular formula is C10H12F2N2O. The van der Waals surface area contributed by atoms with Crippen molar-refractivity contribution < 1.29 is 13.6 Å². The quantitative estimate of drug-likeness (QED) is 0.838. The fourth-order valence-electron chi connectivity index (χ4n) is 0.827. The molecule has 82 valence electrons. The van der Waals surface area contributed by atoms with Gasteiger partial charge in [0, 0.05) is 18.1 Å². The van der Waals surface area contributed by atoms with Crippen LogP contribution in [0.4, 0.5) is 14.5 Å². The number of alkyl halides is 2. The van der Waals surface area contributed by atoms with Crippen LogP contribution in [0.1, 0.15) is 13.8 Å². The van der Waals surface area contributed by atoms with Gasteiger partial charge in [0.2, 0.25) is 5.91 Å². The van der Waals surface area contributed by atoms with Crippen LogP contribution in [0.3, 0.4) is 0 Å². The molecule has 3 nitrogen and oxygen atoms in total. The molecular weight excluding hydrogens is 202 g/mol. The van der Waals surface area contributed by atoms with Crippen molar-refractivity contribution in [1.82, 2.24) is 4.98 Å². The normalized spacial score (nSPS) is 11.5. The molecule has 5 heteroatoms. The van der Waals surface area contributed by atoms with E-state index in [9.17, 15) is 13.6 Å². The summed E-state index contributed by atoms with van der Waals surface area (Å²) < 4.78 is 25.0. The van der Waals surface area contributed by atoms with E-state index < -0.39 is 17.7 Å². The molecule has 0 radical (unpaired) electrons. The molecule has 0 saturated carbocycles. The van der Waals surface area contributed by atoms with Gasteiger partial charge in [0.25, 0.3) is 6.43 Å². The van der Waals surface area contributed by atoms with E-state index in [1.807, 2.05) is 0 Å². The molecule has 0 unspecified atom stereocenters. The summed E-state index contributed by atoms with van der Waals surface area (Å²) in [5, 5.41) is 2.40. The van der Waals surface area contributed by atoms with Crippen LogP contribution < -0.4 is 5.32 Å². The summed E-state index contributed by atoms with van der Waals surface area (Å²) in [5.41, 5.74) is -1.23. The number of rotatable bonds is 3. The predicted molar refractivity (Wildman–Crippen MR) is 52.7 cm³/mol. The van der Waals surface area contributed by atoms with Crippen molar-refractivity contribution in [2.75, 3.05) is 5.32 Å². The SMILES string of the molecule is CC(C)(C(=O)Nc1ccncc1)C(F)F. The maximum Gasteiger partial charge on any atom is 0.252 e. The zero-order valence-electron chi connectivity index (χ0n) is 8.50. The van der Waals surface area contributed by atoms with Gasteiger partial charge in [-0.15, -0.1) is 0 Å². The highest BCUT2D eigenvalue weighted by atomic mass is 19.3. The molecule has 0 aliphatic rings. The lowest BCUT2D eigenvalue weighted by atomic mass is 9.93. The molecule has 0 bridgehead atoms. The smallest absolute Gasteiger partial charge is 0.252 e. The first-order valence-electron chi connectivity index (χ1n) is 4.44. The number of hydrogen-bond acceptors (Lipinski definition) is 2. The molecule has 0 atom stereocenters. The largest absolute Gasteiger partial charge is 0.325 e. The zero-order valence-corrected chi connectivity index (χ0v) is 8.50. The number of carbonyl (C=O) groups excluding carboxylic acids is 1. The van der Waals surface area contributed by atoms with Gasteiger partial charge in [0.1, 0.15) is 5.41 Å². The molecule has 1 aromatic heterocycles. The van der Waals surface area contributed by atoms with Crippen LogP contribution in [0, 0.1) is 5.41 Å². The summed E-state index contributed by atoms with van der Waals surface area (Å²) in [4.78, 5) is 15.2. The highest BCUT2D eigenvalue weighted by molar-refractivity contribution is 5.94. The standard InChI is InChI=1S/C10H12F2N2O/c1-10(2,8(11)12)9(15)14-7-3-5-13-6-4-7/h3-6,8H,1-2H3,(H,13,14,15). The summed E-state index contributed by atoms with van der Waals surface area (Å²) in [5.74, 6) is -0.705. The summed E-state index contributed by atoms with van der Waals surface area (Å²) in [6, 6.07) is 3.08. The van der Waals surface area contributed by atoms with Gasteiger partial charge in [-0.3, -0.25) is 9.78 Å². The number of nitrogens with zero attached hydrogens (tertiary/aromatic N) is 1. The summed E-state index contributed by atoms with van der Waals surface area (Å²) >= 11 is 0. The first-order chi connectivity index (χ1) is 6.94. The van der Waals surface area contributed by atoms with E-state index in [4.69, 9.17) is 0 Å². The fraction of sp³-hybridized carbons (Fsp3) is 0.400. The lowest BCUT2D eigenvalue weighted by Gasteiger charge is -2.22. The minimum atomic E-state index is -2.70. The van der Waals surface area contributed by atoms with E-state index in [0.717, 1.165) is 0 Å². The van der Waals surface area contributed by atoms with Crippen molar-refractivity contribution in [2.45, 2.75) is 20.3 Å². The van der Waals surface area contributed by atoms with E-state index in [1.54, 1.807) is 12.1 Å². The second-order valence-electron chi connectivity index (χ2n) is 3.71. The van der Waals surface area contributed by atoms with E-state index in [2.05, 4.69) is 10.3 Å². The molecule has 1 rings (SSSR count). The molecule has 1 N–H and O–H groups in total. The van der Waals surface area contributed by atoms with Crippen LogP contribution in [-0.4, -0.2) is 17.3 Å². The van der Waals surface area contributed by atoms with Gasteiger partial charge in [0.15, 0.2) is 0 Å². The minimum Gasteiger partial charge on any atom is -0.325 e. The Morgan fingerprint density at radius 1 is 1.40 bits per heavy atom. The maximum absolute atomic E-state index is 12.5. The number of anilines is 1. The van der Waals surface area contributed by atoms with Crippen molar-refractivity contribution in [3.63, 3.8) is 0 Å². The summed E-state index contributed by atoms with van der Waals surface area (Å²) in [6.45, 7) is 2.41. The number of amides is 1. The highest BCUT2D eigenvalue weighted by Crippen LogP contribution is 2.26. The Morgan fingerprint density at radius 2 is 1.93 bits per heavy atom. The summed E-state index contributed by atoms with van der Waals surface area (Å²) in [7, 11) is 0. The molecule has 1 aromatic rings. The fourth-order valence-corrected chi connectivity index (χ4v) is 0.827. The Balaban J connectivity index is 2.72. The molecule has 1 heterocycles. The Labute approximate surface area is 86.5 Å². The minimum absolute atomic E-state index is 0.462. The Morgan fingerprint density at radius 3 is 2.40 bits per heavy atom. The zero-order chi connectivity index (χ0) is 11.5. The van der Waals surface area contributed by atoms with Crippen molar-refractivity contribution in [3.05, 3.63) is 24.5 Å². The number of pyridine rings is 1. The van der Waals surface area contributed by atoms with E-state index in [-0.39, 0.29) is 0 Å². The molecule has 1 amide bonds. The third kappa shape index (κ3) is 2.71. The molecule has 0 saturated heterocycles. The van der Waals surface area contributed by atoms with Crippen LogP contribution >= 0.6 is 0 Å². The Bertz CT molecular complexity index is 339. The van der Waals surface area contributed by atoms with E-state index >= 15 is 0 Å². The van der Waals surface area contributed by atoms with Gasteiger partial charge in [-0.2, -0.15) is 0 Å². The number of carbonyl (C=O) groups is 1. The predicted octanol–water partition coefficient (Wildman–Crippen LogP) is 2.31. The Hall–Kier alpha value is -1.52. The highest BCUT2D eigenvalue weighted by Gasteiger charge is 2.37. The number of nitrogens with one attached hydrogen (secondary N) is 1. The second-order valence-corrected chi connectivity index (χ2v) is 3.71.